The Morgan fingerprint density at radius 2 is 2.00 bits per heavy atom. The molecule has 3 rings (SSSR count). The highest BCUT2D eigenvalue weighted by atomic mass is 19.1. The number of halogens is 2. The number of carbonyl (C=O) groups excluding carboxylic acids is 1. The summed E-state index contributed by atoms with van der Waals surface area (Å²) in [6, 6.07) is 7.26. The van der Waals surface area contributed by atoms with Crippen LogP contribution >= 0.6 is 0 Å². The van der Waals surface area contributed by atoms with Gasteiger partial charge in [0.05, 0.1) is 20.1 Å². The van der Waals surface area contributed by atoms with Crippen LogP contribution in [0.25, 0.3) is 0 Å². The highest BCUT2D eigenvalue weighted by Crippen LogP contribution is 2.29. The normalized spacial score (nSPS) is 12.5. The second kappa shape index (κ2) is 6.38. The summed E-state index contributed by atoms with van der Waals surface area (Å²) in [7, 11) is 1.74. The molecule has 0 saturated carbocycles. The predicted octanol–water partition coefficient (Wildman–Crippen LogP) is 1.98. The van der Waals surface area contributed by atoms with Gasteiger partial charge in [-0.3, -0.25) is 4.79 Å². The molecule has 1 heterocycles. The van der Waals surface area contributed by atoms with Gasteiger partial charge in [-0.15, -0.1) is 0 Å². The molecule has 7 heteroatoms. The maximum atomic E-state index is 14.1. The number of esters is 1. The number of hydrogen-bond donors (Lipinski definition) is 0. The van der Waals surface area contributed by atoms with Crippen LogP contribution in [0.2, 0.25) is 0 Å². The minimum absolute atomic E-state index is 0.182. The van der Waals surface area contributed by atoms with Crippen molar-refractivity contribution in [2.24, 2.45) is 0 Å². The fraction of sp³-hybridized carbons (Fsp3) is 0.188. The van der Waals surface area contributed by atoms with Crippen molar-refractivity contribution in [1.29, 1.82) is 0 Å². The number of rotatable bonds is 4. The molecule has 0 radical (unpaired) electrons. The summed E-state index contributed by atoms with van der Waals surface area (Å²) >= 11 is 0. The Hall–Kier alpha value is -2.41. The zero-order valence-electron chi connectivity index (χ0n) is 12.4. The van der Waals surface area contributed by atoms with Crippen LogP contribution in [-0.4, -0.2) is 20.6 Å². The van der Waals surface area contributed by atoms with Crippen LogP contribution in [0.1, 0.15) is 11.1 Å². The van der Waals surface area contributed by atoms with Gasteiger partial charge in [-0.25, -0.2) is 8.78 Å². The van der Waals surface area contributed by atoms with Crippen molar-refractivity contribution in [3.8, 4) is 11.5 Å². The van der Waals surface area contributed by atoms with E-state index in [1.807, 2.05) is 0 Å². The molecule has 0 spiro atoms. The van der Waals surface area contributed by atoms with Gasteiger partial charge in [0.1, 0.15) is 5.75 Å². The molecular weight excluding hydrogens is 305 g/mol. The highest BCUT2D eigenvalue weighted by molar-refractivity contribution is 6.48. The molecule has 0 amide bonds. The van der Waals surface area contributed by atoms with Crippen LogP contribution in [0.3, 0.4) is 0 Å². The molecule has 0 bridgehead atoms. The van der Waals surface area contributed by atoms with Crippen molar-refractivity contribution < 1.29 is 27.7 Å². The molecule has 0 atom stereocenters. The van der Waals surface area contributed by atoms with Crippen LogP contribution in [-0.2, 0) is 27.2 Å². The Balaban J connectivity index is 1.84. The van der Waals surface area contributed by atoms with E-state index in [4.69, 9.17) is 9.39 Å². The molecule has 0 aliphatic carbocycles. The molecule has 0 N–H and O–H groups in total. The predicted molar refractivity (Wildman–Crippen MR) is 80.2 cm³/mol. The van der Waals surface area contributed by atoms with Crippen molar-refractivity contribution in [2.75, 3.05) is 7.11 Å². The van der Waals surface area contributed by atoms with Crippen LogP contribution in [0.15, 0.2) is 30.3 Å². The lowest BCUT2D eigenvalue weighted by Gasteiger charge is -2.10. The van der Waals surface area contributed by atoms with Gasteiger partial charge < -0.3 is 14.1 Å². The number of methoxy groups -OCH3 is 1. The molecule has 0 saturated heterocycles. The van der Waals surface area contributed by atoms with Crippen LogP contribution < -0.4 is 10.2 Å². The third-order valence-electron chi connectivity index (χ3n) is 3.55. The van der Waals surface area contributed by atoms with Crippen molar-refractivity contribution in [1.82, 2.24) is 0 Å². The lowest BCUT2D eigenvalue weighted by atomic mass is 9.87. The quantitative estimate of drug-likeness (QED) is 0.639. The van der Waals surface area contributed by atoms with E-state index >= 15 is 0 Å². The third-order valence-corrected chi connectivity index (χ3v) is 3.55. The lowest BCUT2D eigenvalue weighted by molar-refractivity contribution is -0.139. The van der Waals surface area contributed by atoms with Crippen molar-refractivity contribution in [2.45, 2.75) is 13.0 Å². The Morgan fingerprint density at radius 3 is 2.70 bits per heavy atom. The SMILES string of the molecule is COC(=O)Cc1cc(F)c(Oc2ccc3c(c2)COB3)c(F)c1. The zero-order chi connectivity index (χ0) is 16.4. The van der Waals surface area contributed by atoms with Gasteiger partial charge in [-0.1, -0.05) is 6.07 Å². The Bertz CT molecular complexity index is 741. The van der Waals surface area contributed by atoms with Gasteiger partial charge >= 0.3 is 13.5 Å². The molecule has 2 aromatic carbocycles. The number of hydrogen-bond acceptors (Lipinski definition) is 4. The maximum Gasteiger partial charge on any atom is 0.309 e. The first-order chi connectivity index (χ1) is 11.1. The Morgan fingerprint density at radius 1 is 1.26 bits per heavy atom. The number of ether oxygens (including phenoxy) is 2. The minimum atomic E-state index is -0.874. The van der Waals surface area contributed by atoms with E-state index in [-0.39, 0.29) is 12.0 Å². The number of fused-ring (bicyclic) bond motifs is 1. The van der Waals surface area contributed by atoms with E-state index < -0.39 is 23.4 Å². The molecule has 0 aromatic heterocycles. The van der Waals surface area contributed by atoms with Crippen LogP contribution in [0.5, 0.6) is 11.5 Å². The molecule has 0 fully saturated rings. The lowest BCUT2D eigenvalue weighted by Crippen LogP contribution is -2.10. The average Bonchev–Trinajstić information content (AvgIpc) is 2.98. The standard InChI is InChI=1S/C16H13BF2O4/c1-21-15(20)6-9-4-13(18)16(14(19)5-9)23-11-2-3-12-10(7-11)8-22-17-12/h2-5,7,17H,6,8H2,1H3. The number of carbonyl (C=O) groups is 1. The fourth-order valence-electron chi connectivity index (χ4n) is 2.38. The molecule has 2 aromatic rings. The summed E-state index contributed by atoms with van der Waals surface area (Å²) in [5.74, 6) is -2.50. The largest absolute Gasteiger partial charge is 0.469 e. The van der Waals surface area contributed by atoms with E-state index in [2.05, 4.69) is 4.74 Å². The van der Waals surface area contributed by atoms with Crippen LogP contribution in [0, 0.1) is 11.6 Å². The average molecular weight is 318 g/mol. The smallest absolute Gasteiger partial charge is 0.309 e. The van der Waals surface area contributed by atoms with Gasteiger partial charge in [0.2, 0.25) is 0 Å². The summed E-state index contributed by atoms with van der Waals surface area (Å²) in [5.41, 5.74) is 2.15. The van der Waals surface area contributed by atoms with E-state index in [1.54, 1.807) is 18.2 Å². The maximum absolute atomic E-state index is 14.1. The summed E-state index contributed by atoms with van der Waals surface area (Å²) in [5, 5.41) is 0. The van der Waals surface area contributed by atoms with Crippen LogP contribution in [0.4, 0.5) is 8.78 Å². The molecule has 1 aliphatic heterocycles. The van der Waals surface area contributed by atoms with E-state index in [0.29, 0.717) is 19.8 Å². The highest BCUT2D eigenvalue weighted by Gasteiger charge is 2.18. The zero-order valence-corrected chi connectivity index (χ0v) is 12.4. The van der Waals surface area contributed by atoms with Gasteiger partial charge in [0.15, 0.2) is 17.4 Å². The molecule has 23 heavy (non-hydrogen) atoms. The molecule has 4 nitrogen and oxygen atoms in total. The molecule has 118 valence electrons. The van der Waals surface area contributed by atoms with E-state index in [9.17, 15) is 13.6 Å². The van der Waals surface area contributed by atoms with Crippen molar-refractivity contribution in [3.05, 3.63) is 53.1 Å². The van der Waals surface area contributed by atoms with Crippen molar-refractivity contribution in [3.63, 3.8) is 0 Å². The van der Waals surface area contributed by atoms with Gasteiger partial charge in [-0.05, 0) is 40.9 Å². The molecule has 1 aliphatic rings. The van der Waals surface area contributed by atoms with Gasteiger partial charge in [0, 0.05) is 0 Å². The van der Waals surface area contributed by atoms with E-state index in [0.717, 1.165) is 23.2 Å². The summed E-state index contributed by atoms with van der Waals surface area (Å²) in [4.78, 5) is 11.2. The first-order valence-electron chi connectivity index (χ1n) is 6.99. The Kier molecular flexibility index (Phi) is 4.29. The monoisotopic (exact) mass is 318 g/mol. The van der Waals surface area contributed by atoms with E-state index in [1.165, 1.54) is 7.11 Å². The first kappa shape index (κ1) is 15.5. The van der Waals surface area contributed by atoms with Gasteiger partial charge in [0.25, 0.3) is 0 Å². The summed E-state index contributed by atoms with van der Waals surface area (Å²) < 4.78 is 43.3. The topological polar surface area (TPSA) is 44.8 Å². The second-order valence-electron chi connectivity index (χ2n) is 5.17. The molecule has 0 unspecified atom stereocenters. The second-order valence-corrected chi connectivity index (χ2v) is 5.17. The minimum Gasteiger partial charge on any atom is -0.469 e. The van der Waals surface area contributed by atoms with Gasteiger partial charge in [-0.2, -0.15) is 0 Å². The van der Waals surface area contributed by atoms with Crippen molar-refractivity contribution >= 4 is 18.9 Å². The number of benzene rings is 2. The molecular formula is C16H13BF2O4. The summed E-state index contributed by atoms with van der Waals surface area (Å²) in [6.07, 6.45) is -0.208. The Labute approximate surface area is 132 Å². The third kappa shape index (κ3) is 3.34. The fourth-order valence-corrected chi connectivity index (χ4v) is 2.38. The summed E-state index contributed by atoms with van der Waals surface area (Å²) in [6.45, 7) is 0.454. The first-order valence-corrected chi connectivity index (χ1v) is 6.99.